The number of rotatable bonds is 5. The highest BCUT2D eigenvalue weighted by Gasteiger charge is 2.16. The quantitative estimate of drug-likeness (QED) is 0.379. The lowest BCUT2D eigenvalue weighted by Crippen LogP contribution is -2.13. The zero-order valence-electron chi connectivity index (χ0n) is 17.2. The Morgan fingerprint density at radius 1 is 1.10 bits per heavy atom. The van der Waals surface area contributed by atoms with Crippen LogP contribution < -0.4 is 5.32 Å². The van der Waals surface area contributed by atoms with Crippen molar-refractivity contribution in [1.29, 1.82) is 5.26 Å². The number of carbonyl (C=O) groups is 2. The van der Waals surface area contributed by atoms with Crippen molar-refractivity contribution in [2.45, 2.75) is 20.8 Å². The third kappa shape index (κ3) is 4.76. The van der Waals surface area contributed by atoms with E-state index < -0.39 is 11.9 Å². The minimum atomic E-state index is -0.977. The number of carboxylic acids is 1. The molecule has 0 aliphatic carbocycles. The summed E-state index contributed by atoms with van der Waals surface area (Å²) in [6.45, 7) is 5.66. The van der Waals surface area contributed by atoms with Crippen LogP contribution >= 0.6 is 15.9 Å². The Hall–Kier alpha value is -3.63. The fourth-order valence-corrected chi connectivity index (χ4v) is 3.64. The average molecular weight is 478 g/mol. The maximum atomic E-state index is 12.6. The van der Waals surface area contributed by atoms with Crippen LogP contribution in [-0.2, 0) is 4.79 Å². The van der Waals surface area contributed by atoms with Crippen LogP contribution in [0.25, 0.3) is 11.8 Å². The zero-order valence-corrected chi connectivity index (χ0v) is 18.8. The van der Waals surface area contributed by atoms with E-state index in [0.717, 1.165) is 32.7 Å². The van der Waals surface area contributed by atoms with Gasteiger partial charge in [-0.2, -0.15) is 5.26 Å². The van der Waals surface area contributed by atoms with Gasteiger partial charge in [0.05, 0.1) is 5.56 Å². The van der Waals surface area contributed by atoms with Crippen LogP contribution in [0.5, 0.6) is 0 Å². The normalized spacial score (nSPS) is 11.1. The van der Waals surface area contributed by atoms with Gasteiger partial charge in [-0.15, -0.1) is 0 Å². The minimum Gasteiger partial charge on any atom is -0.478 e. The average Bonchev–Trinajstić information content (AvgIpc) is 3.00. The Kier molecular flexibility index (Phi) is 6.42. The van der Waals surface area contributed by atoms with E-state index in [1.807, 2.05) is 37.5 Å². The van der Waals surface area contributed by atoms with Gasteiger partial charge in [-0.3, -0.25) is 4.79 Å². The predicted molar refractivity (Wildman–Crippen MR) is 123 cm³/mol. The molecule has 0 atom stereocenters. The number of nitriles is 1. The van der Waals surface area contributed by atoms with Gasteiger partial charge in [0.25, 0.3) is 5.91 Å². The second-order valence-corrected chi connectivity index (χ2v) is 8.01. The first-order valence-electron chi connectivity index (χ1n) is 9.43. The minimum absolute atomic E-state index is 0.0129. The van der Waals surface area contributed by atoms with Gasteiger partial charge in [-0.1, -0.05) is 15.9 Å². The Morgan fingerprint density at radius 2 is 1.77 bits per heavy atom. The molecule has 2 N–H and O–H groups in total. The molecule has 3 aromatic rings. The van der Waals surface area contributed by atoms with E-state index in [-0.39, 0.29) is 11.1 Å². The van der Waals surface area contributed by atoms with Crippen LogP contribution in [0, 0.1) is 32.1 Å². The van der Waals surface area contributed by atoms with Crippen molar-refractivity contribution >= 4 is 39.6 Å². The molecule has 6 nitrogen and oxygen atoms in total. The number of halogens is 1. The fourth-order valence-electron chi connectivity index (χ4n) is 3.38. The first kappa shape index (κ1) is 22.1. The summed E-state index contributed by atoms with van der Waals surface area (Å²) in [4.78, 5) is 23.8. The van der Waals surface area contributed by atoms with Crippen molar-refractivity contribution in [3.8, 4) is 11.8 Å². The molecule has 0 bridgehead atoms. The Labute approximate surface area is 188 Å². The molecule has 2 aromatic carbocycles. The molecular weight excluding hydrogens is 458 g/mol. The first-order chi connectivity index (χ1) is 14.7. The molecule has 0 radical (unpaired) electrons. The molecule has 0 spiro atoms. The molecule has 156 valence electrons. The van der Waals surface area contributed by atoms with Crippen LogP contribution in [0.4, 0.5) is 5.69 Å². The monoisotopic (exact) mass is 477 g/mol. The number of hydrogen-bond acceptors (Lipinski definition) is 3. The zero-order chi connectivity index (χ0) is 22.7. The number of carboxylic acid groups (broad SMARTS) is 1. The number of aromatic carboxylic acids is 1. The third-order valence-corrected chi connectivity index (χ3v) is 5.45. The second kappa shape index (κ2) is 9.02. The van der Waals surface area contributed by atoms with Crippen molar-refractivity contribution in [2.24, 2.45) is 0 Å². The second-order valence-electron chi connectivity index (χ2n) is 7.10. The smallest absolute Gasteiger partial charge is 0.335 e. The number of hydrogen-bond donors (Lipinski definition) is 2. The van der Waals surface area contributed by atoms with E-state index >= 15 is 0 Å². The van der Waals surface area contributed by atoms with E-state index in [9.17, 15) is 20.0 Å². The van der Waals surface area contributed by atoms with Crippen LogP contribution in [-0.4, -0.2) is 21.6 Å². The maximum Gasteiger partial charge on any atom is 0.335 e. The summed E-state index contributed by atoms with van der Waals surface area (Å²) in [5, 5.41) is 21.5. The summed E-state index contributed by atoms with van der Waals surface area (Å²) < 4.78 is 2.87. The molecule has 0 fully saturated rings. The lowest BCUT2D eigenvalue weighted by atomic mass is 10.1. The Morgan fingerprint density at radius 3 is 2.35 bits per heavy atom. The lowest BCUT2D eigenvalue weighted by molar-refractivity contribution is -0.112. The van der Waals surface area contributed by atoms with Crippen LogP contribution in [0.3, 0.4) is 0 Å². The molecule has 3 rings (SSSR count). The van der Waals surface area contributed by atoms with Gasteiger partial charge >= 0.3 is 5.97 Å². The van der Waals surface area contributed by atoms with Crippen molar-refractivity contribution in [1.82, 2.24) is 4.57 Å². The van der Waals surface area contributed by atoms with E-state index in [2.05, 4.69) is 21.2 Å². The number of aryl methyl sites for hydroxylation is 2. The highest BCUT2D eigenvalue weighted by atomic mass is 79.9. The summed E-state index contributed by atoms with van der Waals surface area (Å²) in [5.41, 5.74) is 4.94. The first-order valence-corrected chi connectivity index (χ1v) is 10.2. The summed E-state index contributed by atoms with van der Waals surface area (Å²) >= 11 is 3.34. The summed E-state index contributed by atoms with van der Waals surface area (Å²) in [6, 6.07) is 15.9. The fraction of sp³-hybridized carbons (Fsp3) is 0.125. The highest BCUT2D eigenvalue weighted by Crippen LogP contribution is 2.26. The molecule has 1 amide bonds. The molecule has 1 aromatic heterocycles. The third-order valence-electron chi connectivity index (χ3n) is 4.92. The van der Waals surface area contributed by atoms with Crippen molar-refractivity contribution < 1.29 is 14.7 Å². The SMILES string of the molecule is Cc1cc(C(=O)O)ccc1-n1c(C)cc(/C=C(/C#N)C(=O)Nc2ccc(Br)cc2)c1C. The van der Waals surface area contributed by atoms with E-state index in [1.54, 1.807) is 48.5 Å². The standard InChI is InChI=1S/C24H20BrN3O3/c1-14-10-17(24(30)31)4-9-22(14)28-15(2)11-18(16(28)3)12-19(13-26)23(29)27-21-7-5-20(25)6-8-21/h4-12H,1-3H3,(H,27,29)(H,30,31)/b19-12-. The maximum absolute atomic E-state index is 12.6. The van der Waals surface area contributed by atoms with Crippen LogP contribution in [0.2, 0.25) is 0 Å². The van der Waals surface area contributed by atoms with E-state index in [0.29, 0.717) is 5.69 Å². The van der Waals surface area contributed by atoms with Gasteiger partial charge in [0.1, 0.15) is 11.6 Å². The number of anilines is 1. The molecule has 0 aliphatic heterocycles. The Bertz CT molecular complexity index is 1250. The molecular formula is C24H20BrN3O3. The molecule has 0 aliphatic rings. The van der Waals surface area contributed by atoms with Crippen molar-refractivity contribution in [3.63, 3.8) is 0 Å². The molecule has 7 heteroatoms. The topological polar surface area (TPSA) is 95.1 Å². The van der Waals surface area contributed by atoms with Crippen LogP contribution in [0.1, 0.15) is 32.9 Å². The number of benzene rings is 2. The predicted octanol–water partition coefficient (Wildman–Crippen LogP) is 5.41. The Balaban J connectivity index is 1.95. The summed E-state index contributed by atoms with van der Waals surface area (Å²) in [5.74, 6) is -1.47. The number of nitrogens with zero attached hydrogens (tertiary/aromatic N) is 2. The molecule has 0 unspecified atom stereocenters. The van der Waals surface area contributed by atoms with Crippen molar-refractivity contribution in [3.05, 3.63) is 86.7 Å². The highest BCUT2D eigenvalue weighted by molar-refractivity contribution is 9.10. The number of nitrogens with one attached hydrogen (secondary N) is 1. The molecule has 0 saturated heterocycles. The molecule has 1 heterocycles. The summed E-state index contributed by atoms with van der Waals surface area (Å²) in [6.07, 6.45) is 1.56. The summed E-state index contributed by atoms with van der Waals surface area (Å²) in [7, 11) is 0. The van der Waals surface area contributed by atoms with Gasteiger partial charge in [0.2, 0.25) is 0 Å². The number of aromatic nitrogens is 1. The van der Waals surface area contributed by atoms with Crippen molar-refractivity contribution in [2.75, 3.05) is 5.32 Å². The van der Waals surface area contributed by atoms with Gasteiger partial charge in [0, 0.05) is 27.2 Å². The number of carbonyl (C=O) groups excluding carboxylic acids is 1. The van der Waals surface area contributed by atoms with E-state index in [4.69, 9.17) is 0 Å². The van der Waals surface area contributed by atoms with Gasteiger partial charge in [-0.25, -0.2) is 4.79 Å². The number of amides is 1. The van der Waals surface area contributed by atoms with Crippen LogP contribution in [0.15, 0.2) is 58.6 Å². The van der Waals surface area contributed by atoms with E-state index in [1.165, 1.54) is 0 Å². The van der Waals surface area contributed by atoms with Gasteiger partial charge in [0.15, 0.2) is 0 Å². The lowest BCUT2D eigenvalue weighted by Gasteiger charge is -2.13. The largest absolute Gasteiger partial charge is 0.478 e. The molecule has 31 heavy (non-hydrogen) atoms. The van der Waals surface area contributed by atoms with Gasteiger partial charge < -0.3 is 15.0 Å². The molecule has 0 saturated carbocycles. The van der Waals surface area contributed by atoms with Gasteiger partial charge in [-0.05, 0) is 86.5 Å².